The average molecular weight is 354 g/mol. The molecule has 144 valence electrons. The number of methoxy groups -OCH3 is 3. The number of aromatic carboxylic acids is 1. The summed E-state index contributed by atoms with van der Waals surface area (Å²) in [6.45, 7) is 2.24. The zero-order valence-electron chi connectivity index (χ0n) is 16.1. The molecule has 0 radical (unpaired) electrons. The van der Waals surface area contributed by atoms with Crippen LogP contribution in [0.5, 0.6) is 0 Å². The Balaban J connectivity index is 0.000000535. The lowest BCUT2D eigenvalue weighted by molar-refractivity contribution is -0.355. The van der Waals surface area contributed by atoms with Gasteiger partial charge >= 0.3 is 5.97 Å². The maximum Gasteiger partial charge on any atom is 0.335 e. The van der Waals surface area contributed by atoms with Gasteiger partial charge in [0.2, 0.25) is 0 Å². The lowest BCUT2D eigenvalue weighted by atomic mass is 10.1. The fourth-order valence-corrected chi connectivity index (χ4v) is 2.44. The highest BCUT2D eigenvalue weighted by atomic mass is 16.9. The number of carbonyl (C=O) groups is 1. The van der Waals surface area contributed by atoms with Crippen LogP contribution in [0.2, 0.25) is 0 Å². The molecule has 0 aliphatic heterocycles. The summed E-state index contributed by atoms with van der Waals surface area (Å²) in [6, 6.07) is 8.30. The number of carboxylic acids is 1. The first-order chi connectivity index (χ1) is 12.0. The molecule has 0 heterocycles. The highest BCUT2D eigenvalue weighted by Crippen LogP contribution is 2.21. The van der Waals surface area contributed by atoms with Crippen LogP contribution in [0.25, 0.3) is 0 Å². The summed E-state index contributed by atoms with van der Waals surface area (Å²) in [5.41, 5.74) is 0.331. The van der Waals surface area contributed by atoms with Gasteiger partial charge in [-0.2, -0.15) is 0 Å². The third-order valence-corrected chi connectivity index (χ3v) is 4.04. The monoisotopic (exact) mass is 354 g/mol. The Morgan fingerprint density at radius 2 is 1.36 bits per heavy atom. The predicted octanol–water partition coefficient (Wildman–Crippen LogP) is 5.10. The summed E-state index contributed by atoms with van der Waals surface area (Å²) < 4.78 is 15.7. The maximum absolute atomic E-state index is 10.2. The van der Waals surface area contributed by atoms with Crippen molar-refractivity contribution < 1.29 is 24.1 Å². The Labute approximate surface area is 152 Å². The molecule has 0 aromatic heterocycles. The minimum atomic E-state index is -0.879. The van der Waals surface area contributed by atoms with E-state index in [1.807, 2.05) is 0 Å². The largest absolute Gasteiger partial charge is 0.478 e. The molecule has 0 unspecified atom stereocenters. The van der Waals surface area contributed by atoms with Crippen molar-refractivity contribution in [2.45, 2.75) is 64.3 Å². The van der Waals surface area contributed by atoms with Crippen LogP contribution in [-0.2, 0) is 14.2 Å². The fraction of sp³-hybridized carbons (Fsp3) is 0.650. The van der Waals surface area contributed by atoms with Crippen molar-refractivity contribution in [2.24, 2.45) is 0 Å². The molecule has 1 aromatic rings. The summed E-state index contributed by atoms with van der Waals surface area (Å²) >= 11 is 0. The zero-order chi connectivity index (χ0) is 19.0. The lowest BCUT2D eigenvalue weighted by Crippen LogP contribution is -2.35. The lowest BCUT2D eigenvalue weighted by Gasteiger charge is -2.28. The average Bonchev–Trinajstić information content (AvgIpc) is 2.66. The van der Waals surface area contributed by atoms with Crippen LogP contribution in [0.15, 0.2) is 30.3 Å². The van der Waals surface area contributed by atoms with E-state index in [2.05, 4.69) is 6.92 Å². The molecule has 0 aliphatic carbocycles. The van der Waals surface area contributed by atoms with Crippen LogP contribution >= 0.6 is 0 Å². The minimum Gasteiger partial charge on any atom is -0.478 e. The van der Waals surface area contributed by atoms with Gasteiger partial charge in [0.25, 0.3) is 5.97 Å². The molecule has 25 heavy (non-hydrogen) atoms. The van der Waals surface area contributed by atoms with E-state index in [0.29, 0.717) is 5.56 Å². The molecule has 1 aromatic carbocycles. The summed E-state index contributed by atoms with van der Waals surface area (Å²) in [5, 5.41) is 8.38. The highest BCUT2D eigenvalue weighted by Gasteiger charge is 2.28. The fourth-order valence-electron chi connectivity index (χ4n) is 2.44. The van der Waals surface area contributed by atoms with E-state index in [9.17, 15) is 4.79 Å². The third kappa shape index (κ3) is 10.9. The SMILES string of the molecule is CCCCCCCCCC(OC)(OC)OC.O=C(O)c1ccccc1. The van der Waals surface area contributed by atoms with Crippen molar-refractivity contribution >= 4 is 5.97 Å². The summed E-state index contributed by atoms with van der Waals surface area (Å²) in [6.07, 6.45) is 9.77. The molecule has 0 saturated heterocycles. The second-order valence-corrected chi connectivity index (χ2v) is 5.84. The summed E-state index contributed by atoms with van der Waals surface area (Å²) in [4.78, 5) is 10.2. The Hall–Kier alpha value is -1.43. The number of rotatable bonds is 12. The second kappa shape index (κ2) is 14.9. The topological polar surface area (TPSA) is 65.0 Å². The van der Waals surface area contributed by atoms with E-state index in [4.69, 9.17) is 19.3 Å². The highest BCUT2D eigenvalue weighted by molar-refractivity contribution is 5.87. The third-order valence-electron chi connectivity index (χ3n) is 4.04. The molecule has 0 bridgehead atoms. The van der Waals surface area contributed by atoms with E-state index < -0.39 is 11.9 Å². The van der Waals surface area contributed by atoms with Gasteiger partial charge in [0.05, 0.1) is 5.56 Å². The van der Waals surface area contributed by atoms with Crippen LogP contribution in [0.4, 0.5) is 0 Å². The number of ether oxygens (including phenoxy) is 3. The van der Waals surface area contributed by atoms with E-state index in [1.165, 1.54) is 38.5 Å². The zero-order valence-corrected chi connectivity index (χ0v) is 16.1. The molecular weight excluding hydrogens is 320 g/mol. The first kappa shape index (κ1) is 23.6. The van der Waals surface area contributed by atoms with Crippen molar-refractivity contribution in [3.8, 4) is 0 Å². The maximum atomic E-state index is 10.2. The van der Waals surface area contributed by atoms with Crippen LogP contribution in [0.3, 0.4) is 0 Å². The molecule has 1 rings (SSSR count). The standard InChI is InChI=1S/C13H28O3.C7H6O2/c1-5-6-7-8-9-10-11-12-13(14-2,15-3)16-4;8-7(9)6-4-2-1-3-5-6/h5-12H2,1-4H3;1-5H,(H,8,9). The number of hydrogen-bond donors (Lipinski definition) is 1. The Morgan fingerprint density at radius 1 is 0.880 bits per heavy atom. The van der Waals surface area contributed by atoms with Gasteiger partial charge in [0, 0.05) is 27.8 Å². The first-order valence-electron chi connectivity index (χ1n) is 8.99. The van der Waals surface area contributed by atoms with Crippen molar-refractivity contribution in [1.82, 2.24) is 0 Å². The Kier molecular flexibility index (Phi) is 14.0. The number of benzene rings is 1. The van der Waals surface area contributed by atoms with E-state index in [0.717, 1.165) is 12.8 Å². The van der Waals surface area contributed by atoms with E-state index in [-0.39, 0.29) is 0 Å². The van der Waals surface area contributed by atoms with Crippen molar-refractivity contribution in [3.05, 3.63) is 35.9 Å². The van der Waals surface area contributed by atoms with Crippen molar-refractivity contribution in [1.29, 1.82) is 0 Å². The summed E-state index contributed by atoms with van der Waals surface area (Å²) in [7, 11) is 4.86. The van der Waals surface area contributed by atoms with E-state index in [1.54, 1.807) is 51.7 Å². The van der Waals surface area contributed by atoms with Gasteiger partial charge in [-0.15, -0.1) is 0 Å². The molecule has 0 saturated carbocycles. The Bertz CT molecular complexity index is 421. The molecule has 0 aliphatic rings. The first-order valence-corrected chi connectivity index (χ1v) is 8.99. The molecule has 5 heteroatoms. The molecule has 0 amide bonds. The Morgan fingerprint density at radius 3 is 1.76 bits per heavy atom. The number of hydrogen-bond acceptors (Lipinski definition) is 4. The van der Waals surface area contributed by atoms with Crippen LogP contribution in [0, 0.1) is 0 Å². The van der Waals surface area contributed by atoms with Crippen molar-refractivity contribution in [3.63, 3.8) is 0 Å². The number of unbranched alkanes of at least 4 members (excludes halogenated alkanes) is 6. The molecule has 0 fully saturated rings. The van der Waals surface area contributed by atoms with Gasteiger partial charge in [-0.3, -0.25) is 0 Å². The molecule has 0 atom stereocenters. The number of carboxylic acid groups (broad SMARTS) is 1. The second-order valence-electron chi connectivity index (χ2n) is 5.84. The molecule has 0 spiro atoms. The quantitative estimate of drug-likeness (QED) is 0.417. The van der Waals surface area contributed by atoms with Crippen molar-refractivity contribution in [2.75, 3.05) is 21.3 Å². The van der Waals surface area contributed by atoms with Crippen LogP contribution < -0.4 is 0 Å². The minimum absolute atomic E-state index is 0.331. The normalized spacial score (nSPS) is 10.9. The van der Waals surface area contributed by atoms with Gasteiger partial charge < -0.3 is 19.3 Å². The molecular formula is C20H34O5. The predicted molar refractivity (Wildman–Crippen MR) is 99.8 cm³/mol. The van der Waals surface area contributed by atoms with Gasteiger partial charge in [0.1, 0.15) is 0 Å². The summed E-state index contributed by atoms with van der Waals surface area (Å²) in [5.74, 6) is -1.71. The van der Waals surface area contributed by atoms with E-state index >= 15 is 0 Å². The van der Waals surface area contributed by atoms with Crippen LogP contribution in [0.1, 0.15) is 68.6 Å². The van der Waals surface area contributed by atoms with Gasteiger partial charge in [-0.05, 0) is 18.6 Å². The van der Waals surface area contributed by atoms with Gasteiger partial charge in [-0.1, -0.05) is 63.6 Å². The van der Waals surface area contributed by atoms with Gasteiger partial charge in [-0.25, -0.2) is 4.79 Å². The molecule has 5 nitrogen and oxygen atoms in total. The smallest absolute Gasteiger partial charge is 0.335 e. The molecule has 1 N–H and O–H groups in total. The van der Waals surface area contributed by atoms with Gasteiger partial charge in [0.15, 0.2) is 0 Å². The van der Waals surface area contributed by atoms with Crippen LogP contribution in [-0.4, -0.2) is 38.4 Å².